The molecule has 0 spiro atoms. The second-order valence-electron chi connectivity index (χ2n) is 9.07. The van der Waals surface area contributed by atoms with E-state index >= 15 is 0 Å². The summed E-state index contributed by atoms with van der Waals surface area (Å²) in [5, 5.41) is 36.3. The molecule has 1 aromatic heterocycles. The Bertz CT molecular complexity index is 1710. The van der Waals surface area contributed by atoms with E-state index in [1.54, 1.807) is 36.4 Å². The fourth-order valence-corrected chi connectivity index (χ4v) is 6.67. The zero-order chi connectivity index (χ0) is 31.5. The van der Waals surface area contributed by atoms with Crippen molar-refractivity contribution in [2.75, 3.05) is 24.6 Å². The first-order chi connectivity index (χ1) is 21.1. The molecule has 5 heterocycles. The van der Waals surface area contributed by atoms with Crippen molar-refractivity contribution < 1.29 is 58.7 Å². The molecule has 2 atom stereocenters. The monoisotopic (exact) mass is 678 g/mol. The number of thioether (sulfide) groups is 1. The maximum Gasteiger partial charge on any atom is 1.00 e. The van der Waals surface area contributed by atoms with Crippen LogP contribution in [0.5, 0.6) is 0 Å². The van der Waals surface area contributed by atoms with Gasteiger partial charge in [-0.05, 0) is 30.7 Å². The van der Waals surface area contributed by atoms with E-state index in [0.29, 0.717) is 16.8 Å². The standard InChI is InChI=1S/C25H21ClN10O6S2.Na/c1-2-42-34-16(15-19(26)44-25(28)31-15)21(38)30-17-22(39)36-18(24(40)41)12(9-43-23(17)36)8-35-5-3-11(4-6-35)13-7-14(33-32-13)20(37)29-10-27;/h3-7,17,23H,2,8-9H2,1H3,(H2,28,31)(H,29,37)(H,30,38)(H,40,41);/q;+1/p-1/b34-16-;/t17-,23-;/m1./s1. The van der Waals surface area contributed by atoms with Gasteiger partial charge in [-0.2, -0.15) is 5.26 Å². The summed E-state index contributed by atoms with van der Waals surface area (Å²) in [5.74, 6) is -3.41. The van der Waals surface area contributed by atoms with E-state index < -0.39 is 35.1 Å². The number of carboxylic acids is 1. The quantitative estimate of drug-likeness (QED) is 0.0598. The number of oxime groups is 1. The van der Waals surface area contributed by atoms with Crippen LogP contribution in [0, 0.1) is 11.5 Å². The zero-order valence-corrected chi connectivity index (χ0v) is 27.9. The van der Waals surface area contributed by atoms with Crippen LogP contribution in [0.2, 0.25) is 4.34 Å². The number of rotatable bonds is 9. The average Bonchev–Trinajstić information content (AvgIpc) is 3.62. The van der Waals surface area contributed by atoms with Gasteiger partial charge in [-0.15, -0.1) is 22.0 Å². The van der Waals surface area contributed by atoms with Gasteiger partial charge in [0.05, 0.1) is 17.4 Å². The Balaban J connectivity index is 0.00000461. The maximum atomic E-state index is 13.2. The van der Waals surface area contributed by atoms with Crippen LogP contribution in [0.3, 0.4) is 0 Å². The van der Waals surface area contributed by atoms with Gasteiger partial charge in [0.15, 0.2) is 22.7 Å². The number of anilines is 1. The third-order valence-corrected chi connectivity index (χ3v) is 8.78. The van der Waals surface area contributed by atoms with E-state index in [2.05, 4.69) is 25.7 Å². The SMILES string of the molecule is CCO/N=C(\C(=O)N[C@@H]1C(=O)N2C(C(=O)[O-])=C(CN3C=CC(=C4C=C(C(=O)NC#N)N=N4)C=C3)CS[C@H]12)c1nc(N)sc1Cl.[Na+]. The first-order valence-electron chi connectivity index (χ1n) is 12.6. The molecule has 0 unspecified atom stereocenters. The Labute approximate surface area is 290 Å². The molecule has 4 aliphatic heterocycles. The van der Waals surface area contributed by atoms with E-state index in [9.17, 15) is 24.3 Å². The van der Waals surface area contributed by atoms with Crippen molar-refractivity contribution >= 4 is 69.2 Å². The number of nitrogen functional groups attached to an aromatic ring is 1. The van der Waals surface area contributed by atoms with Crippen molar-refractivity contribution in [3.63, 3.8) is 0 Å². The van der Waals surface area contributed by atoms with Crippen LogP contribution in [0.15, 0.2) is 74.2 Å². The van der Waals surface area contributed by atoms with Crippen molar-refractivity contribution in [1.29, 1.82) is 5.26 Å². The fourth-order valence-electron chi connectivity index (χ4n) is 4.40. The number of nitrogens with zero attached hydrogens (tertiary/aromatic N) is 7. The number of fused-ring (bicyclic) bond motifs is 1. The predicted octanol–water partition coefficient (Wildman–Crippen LogP) is -2.93. The molecule has 0 bridgehead atoms. The number of amides is 3. The molecule has 226 valence electrons. The van der Waals surface area contributed by atoms with Crippen LogP contribution in [0.4, 0.5) is 5.13 Å². The Morgan fingerprint density at radius 2 is 2.04 bits per heavy atom. The number of thiazole rings is 1. The van der Waals surface area contributed by atoms with Gasteiger partial charge >= 0.3 is 29.6 Å². The summed E-state index contributed by atoms with van der Waals surface area (Å²) in [6.45, 7) is 1.94. The van der Waals surface area contributed by atoms with E-state index in [1.165, 1.54) is 24.0 Å². The van der Waals surface area contributed by atoms with Crippen molar-refractivity contribution in [3.05, 3.63) is 68.9 Å². The summed E-state index contributed by atoms with van der Waals surface area (Å²) in [5.41, 5.74) is 6.59. The third kappa shape index (κ3) is 6.98. The number of nitrogens with two attached hydrogens (primary N) is 1. The largest absolute Gasteiger partial charge is 1.00 e. The topological polar surface area (TPSA) is 231 Å². The molecule has 20 heteroatoms. The molecule has 4 N–H and O–H groups in total. The number of aliphatic carboxylic acids is 1. The average molecular weight is 679 g/mol. The maximum absolute atomic E-state index is 13.2. The smallest absolute Gasteiger partial charge is 0.543 e. The van der Waals surface area contributed by atoms with Gasteiger partial charge in [-0.1, -0.05) is 28.1 Å². The Morgan fingerprint density at radius 1 is 1.31 bits per heavy atom. The number of nitrogens with one attached hydrogen (secondary N) is 2. The number of hydrogen-bond donors (Lipinski definition) is 3. The minimum Gasteiger partial charge on any atom is -0.543 e. The molecule has 0 radical (unpaired) electrons. The number of azo groups is 1. The second-order valence-corrected chi connectivity index (χ2v) is 11.8. The van der Waals surface area contributed by atoms with Crippen molar-refractivity contribution in [2.45, 2.75) is 18.3 Å². The normalized spacial score (nSPS) is 20.2. The number of nitriles is 1. The molecule has 1 fully saturated rings. The summed E-state index contributed by atoms with van der Waals surface area (Å²) in [7, 11) is 0. The zero-order valence-electron chi connectivity index (χ0n) is 23.5. The van der Waals surface area contributed by atoms with Gasteiger partial charge in [0, 0.05) is 30.3 Å². The van der Waals surface area contributed by atoms with E-state index in [1.807, 2.05) is 5.32 Å². The van der Waals surface area contributed by atoms with Gasteiger partial charge in [0.25, 0.3) is 17.7 Å². The molecule has 0 saturated carbocycles. The van der Waals surface area contributed by atoms with Gasteiger partial charge in [0.2, 0.25) is 0 Å². The number of aromatic nitrogens is 1. The second kappa shape index (κ2) is 14.4. The van der Waals surface area contributed by atoms with E-state index in [-0.39, 0.29) is 80.7 Å². The summed E-state index contributed by atoms with van der Waals surface area (Å²) in [6, 6.07) is -1.05. The molecule has 16 nitrogen and oxygen atoms in total. The summed E-state index contributed by atoms with van der Waals surface area (Å²) in [6.07, 6.45) is 9.69. The first kappa shape index (κ1) is 33.9. The number of β-lactam (4-membered cyclic amide) rings is 1. The number of hydrogen-bond acceptors (Lipinski definition) is 15. The van der Waals surface area contributed by atoms with Gasteiger partial charge in [0.1, 0.15) is 28.1 Å². The molecule has 0 aliphatic carbocycles. The fraction of sp³-hybridized carbons (Fsp3) is 0.240. The van der Waals surface area contributed by atoms with Crippen LogP contribution in [0.1, 0.15) is 12.6 Å². The molecule has 1 aromatic rings. The van der Waals surface area contributed by atoms with Crippen LogP contribution in [-0.2, 0) is 24.0 Å². The van der Waals surface area contributed by atoms with Crippen LogP contribution < -0.4 is 51.0 Å². The summed E-state index contributed by atoms with van der Waals surface area (Å²) in [4.78, 5) is 62.1. The van der Waals surface area contributed by atoms with E-state index in [4.69, 9.17) is 27.4 Å². The molecule has 5 rings (SSSR count). The van der Waals surface area contributed by atoms with Gasteiger partial charge in [-0.3, -0.25) is 24.6 Å². The molecule has 3 amide bonds. The first-order valence-corrected chi connectivity index (χ1v) is 14.9. The van der Waals surface area contributed by atoms with Gasteiger partial charge < -0.3 is 30.7 Å². The third-order valence-electron chi connectivity index (χ3n) is 6.36. The number of carbonyl (C=O) groups excluding carboxylic acids is 4. The number of allylic oxidation sites excluding steroid dienone is 4. The Kier molecular flexibility index (Phi) is 10.9. The number of halogens is 1. The van der Waals surface area contributed by atoms with Crippen molar-refractivity contribution in [2.24, 2.45) is 15.4 Å². The molecular weight excluding hydrogens is 659 g/mol. The number of carbonyl (C=O) groups is 4. The molecule has 4 aliphatic rings. The molecule has 45 heavy (non-hydrogen) atoms. The summed E-state index contributed by atoms with van der Waals surface area (Å²) < 4.78 is 0.109. The Hall–Kier alpha value is -3.99. The van der Waals surface area contributed by atoms with Crippen LogP contribution in [0.25, 0.3) is 0 Å². The van der Waals surface area contributed by atoms with Gasteiger partial charge in [-0.25, -0.2) is 4.98 Å². The van der Waals surface area contributed by atoms with Crippen LogP contribution >= 0.6 is 34.7 Å². The molecular formula is C25H20ClN10NaO6S2. The molecule has 0 aromatic carbocycles. The summed E-state index contributed by atoms with van der Waals surface area (Å²) >= 11 is 8.37. The van der Waals surface area contributed by atoms with Crippen LogP contribution in [-0.4, -0.2) is 74.5 Å². The minimum atomic E-state index is -1.53. The predicted molar refractivity (Wildman–Crippen MR) is 155 cm³/mol. The number of carboxylic acid groups (broad SMARTS) is 1. The van der Waals surface area contributed by atoms with Crippen molar-refractivity contribution in [1.82, 2.24) is 25.4 Å². The molecule has 1 saturated heterocycles. The van der Waals surface area contributed by atoms with E-state index in [0.717, 1.165) is 16.2 Å². The Morgan fingerprint density at radius 3 is 2.67 bits per heavy atom. The van der Waals surface area contributed by atoms with Crippen molar-refractivity contribution in [3.8, 4) is 6.19 Å². The minimum absolute atomic E-state index is 0.